The molecule has 4 heteroatoms. The second kappa shape index (κ2) is 31.4. The molecule has 0 fully saturated rings. The van der Waals surface area contributed by atoms with E-state index in [9.17, 15) is 14.7 Å². The molecule has 0 aromatic heterocycles. The lowest BCUT2D eigenvalue weighted by molar-refractivity contribution is -0.164. The van der Waals surface area contributed by atoms with Crippen LogP contribution in [0.25, 0.3) is 0 Å². The fraction of sp³-hybridized carbons (Fsp3) is 0.722. The Morgan fingerprint density at radius 3 is 1.50 bits per heavy atom. The van der Waals surface area contributed by atoms with Crippen molar-refractivity contribution < 1.29 is 19.4 Å². The Morgan fingerprint density at radius 1 is 0.575 bits per heavy atom. The van der Waals surface area contributed by atoms with E-state index >= 15 is 0 Å². The van der Waals surface area contributed by atoms with Crippen molar-refractivity contribution in [3.05, 3.63) is 48.6 Å². The lowest BCUT2D eigenvalue weighted by atomic mass is 10.0. The number of aliphatic carboxylic acids is 1. The van der Waals surface area contributed by atoms with E-state index in [0.717, 1.165) is 64.2 Å². The summed E-state index contributed by atoms with van der Waals surface area (Å²) < 4.78 is 5.27. The Bertz CT molecular complexity index is 689. The Labute approximate surface area is 247 Å². The highest BCUT2D eigenvalue weighted by Gasteiger charge is 2.21. The normalized spacial score (nSPS) is 12.8. The highest BCUT2D eigenvalue weighted by Crippen LogP contribution is 2.15. The number of hydrogen-bond donors (Lipinski definition) is 1. The van der Waals surface area contributed by atoms with Gasteiger partial charge in [0.25, 0.3) is 0 Å². The third-order valence-corrected chi connectivity index (χ3v) is 7.09. The summed E-state index contributed by atoms with van der Waals surface area (Å²) in [5.74, 6) is -1.41. The van der Waals surface area contributed by atoms with Crippen molar-refractivity contribution >= 4 is 11.9 Å². The minimum atomic E-state index is -1.03. The van der Waals surface area contributed by atoms with Gasteiger partial charge >= 0.3 is 11.9 Å². The Kier molecular flexibility index (Phi) is 29.8. The van der Waals surface area contributed by atoms with E-state index in [-0.39, 0.29) is 12.4 Å². The van der Waals surface area contributed by atoms with Crippen LogP contribution in [0, 0.1) is 0 Å². The molecule has 1 unspecified atom stereocenters. The second-order valence-electron chi connectivity index (χ2n) is 10.9. The first-order valence-corrected chi connectivity index (χ1v) is 16.6. The fourth-order valence-electron chi connectivity index (χ4n) is 4.60. The summed E-state index contributed by atoms with van der Waals surface area (Å²) in [5.41, 5.74) is 0. The number of carbonyl (C=O) groups is 2. The fourth-order valence-corrected chi connectivity index (χ4v) is 4.60. The predicted molar refractivity (Wildman–Crippen MR) is 172 cm³/mol. The lowest BCUT2D eigenvalue weighted by Crippen LogP contribution is -2.27. The second-order valence-corrected chi connectivity index (χ2v) is 10.9. The molecule has 40 heavy (non-hydrogen) atoms. The number of esters is 1. The molecule has 0 saturated heterocycles. The van der Waals surface area contributed by atoms with Crippen LogP contribution in [0.2, 0.25) is 0 Å². The number of ether oxygens (including phenoxy) is 1. The molecule has 1 atom stereocenters. The van der Waals surface area contributed by atoms with Gasteiger partial charge in [-0.25, -0.2) is 4.79 Å². The van der Waals surface area contributed by atoms with E-state index in [1.165, 1.54) is 70.6 Å². The van der Waals surface area contributed by atoms with Crippen LogP contribution < -0.4 is 0 Å². The molecule has 0 bridgehead atoms. The topological polar surface area (TPSA) is 63.6 Å². The van der Waals surface area contributed by atoms with Gasteiger partial charge in [-0.3, -0.25) is 4.79 Å². The van der Waals surface area contributed by atoms with E-state index in [1.807, 2.05) is 0 Å². The molecule has 0 heterocycles. The van der Waals surface area contributed by atoms with Crippen LogP contribution in [-0.4, -0.2) is 23.1 Å². The van der Waals surface area contributed by atoms with E-state index in [2.05, 4.69) is 62.5 Å². The highest BCUT2D eigenvalue weighted by molar-refractivity contribution is 5.77. The summed E-state index contributed by atoms with van der Waals surface area (Å²) in [6, 6.07) is 0. The Morgan fingerprint density at radius 2 is 1.02 bits per heavy atom. The van der Waals surface area contributed by atoms with Crippen molar-refractivity contribution in [2.24, 2.45) is 0 Å². The zero-order chi connectivity index (χ0) is 29.4. The summed E-state index contributed by atoms with van der Waals surface area (Å²) in [6.07, 6.45) is 41.3. The molecule has 0 aromatic carbocycles. The summed E-state index contributed by atoms with van der Waals surface area (Å²) in [4.78, 5) is 23.6. The van der Waals surface area contributed by atoms with Gasteiger partial charge in [0.05, 0.1) is 0 Å². The maximum atomic E-state index is 12.1. The van der Waals surface area contributed by atoms with E-state index in [4.69, 9.17) is 4.74 Å². The molecule has 0 amide bonds. The molecule has 0 aliphatic rings. The van der Waals surface area contributed by atoms with Crippen LogP contribution in [0.15, 0.2) is 48.6 Å². The first-order valence-electron chi connectivity index (χ1n) is 16.6. The molecular weight excluding hydrogens is 496 g/mol. The minimum absolute atomic E-state index is 0.288. The van der Waals surface area contributed by atoms with Gasteiger partial charge in [-0.15, -0.1) is 0 Å². The third kappa shape index (κ3) is 28.9. The molecule has 4 nitrogen and oxygen atoms in total. The maximum absolute atomic E-state index is 12.1. The first-order chi connectivity index (χ1) is 19.6. The van der Waals surface area contributed by atoms with Gasteiger partial charge in [-0.05, 0) is 57.8 Å². The van der Waals surface area contributed by atoms with Gasteiger partial charge in [-0.1, -0.05) is 146 Å². The largest absolute Gasteiger partial charge is 0.479 e. The van der Waals surface area contributed by atoms with Gasteiger partial charge in [0.1, 0.15) is 0 Å². The van der Waals surface area contributed by atoms with Crippen molar-refractivity contribution in [1.29, 1.82) is 0 Å². The summed E-state index contributed by atoms with van der Waals surface area (Å²) in [6.45, 7) is 4.40. The number of carboxylic acid groups (broad SMARTS) is 1. The van der Waals surface area contributed by atoms with Gasteiger partial charge in [-0.2, -0.15) is 0 Å². The van der Waals surface area contributed by atoms with Gasteiger partial charge in [0, 0.05) is 6.42 Å². The average molecular weight is 559 g/mol. The van der Waals surface area contributed by atoms with Crippen molar-refractivity contribution in [3.8, 4) is 0 Å². The monoisotopic (exact) mass is 558 g/mol. The molecule has 1 N–H and O–H groups in total. The van der Waals surface area contributed by atoms with Crippen LogP contribution in [-0.2, 0) is 14.3 Å². The Hall–Kier alpha value is -2.10. The average Bonchev–Trinajstić information content (AvgIpc) is 2.94. The number of allylic oxidation sites excluding steroid dienone is 8. The van der Waals surface area contributed by atoms with Crippen molar-refractivity contribution in [2.45, 2.75) is 168 Å². The number of carbonyl (C=O) groups excluding carboxylic acids is 1. The first kappa shape index (κ1) is 37.9. The van der Waals surface area contributed by atoms with Gasteiger partial charge < -0.3 is 9.84 Å². The Balaban J connectivity index is 3.69. The zero-order valence-corrected chi connectivity index (χ0v) is 26.1. The molecule has 0 saturated carbocycles. The van der Waals surface area contributed by atoms with Crippen LogP contribution in [0.1, 0.15) is 162 Å². The van der Waals surface area contributed by atoms with E-state index in [1.54, 1.807) is 0 Å². The predicted octanol–water partition coefficient (Wildman–Crippen LogP) is 11.2. The number of carboxylic acids is 1. The summed E-state index contributed by atoms with van der Waals surface area (Å²) >= 11 is 0. The van der Waals surface area contributed by atoms with Crippen LogP contribution >= 0.6 is 0 Å². The maximum Gasteiger partial charge on any atom is 0.345 e. The molecule has 0 spiro atoms. The highest BCUT2D eigenvalue weighted by atomic mass is 16.6. The number of hydrogen-bond acceptors (Lipinski definition) is 3. The van der Waals surface area contributed by atoms with E-state index in [0.29, 0.717) is 6.42 Å². The quantitative estimate of drug-likeness (QED) is 0.0563. The van der Waals surface area contributed by atoms with Crippen LogP contribution in [0.3, 0.4) is 0 Å². The molecule has 0 aliphatic heterocycles. The van der Waals surface area contributed by atoms with Gasteiger partial charge in [0.15, 0.2) is 6.10 Å². The molecule has 0 rings (SSSR count). The minimum Gasteiger partial charge on any atom is -0.479 e. The number of rotatable bonds is 29. The zero-order valence-electron chi connectivity index (χ0n) is 26.1. The standard InChI is InChI=1S/C36H62O4/c1-3-5-7-9-11-13-15-17-19-21-23-25-27-29-31-33-35(37)40-34(36(38)39)32-30-28-26-24-22-20-18-16-14-12-10-8-6-4-2/h5,7,11,13,17,19,23,25,34H,3-4,6,8-10,12,14-16,18,20-22,24,26-33H2,1-2H3,(H,38,39)/b7-5-,13-11-,19-17-,25-23-. The third-order valence-electron chi connectivity index (χ3n) is 7.09. The smallest absolute Gasteiger partial charge is 0.345 e. The van der Waals surface area contributed by atoms with E-state index < -0.39 is 12.1 Å². The van der Waals surface area contributed by atoms with Crippen LogP contribution in [0.5, 0.6) is 0 Å². The SMILES string of the molecule is CC/C=C\C/C=C\C/C=C\C/C=C\CCCCC(=O)OC(CCCCCCCCCCCCCCCC)C(=O)O. The summed E-state index contributed by atoms with van der Waals surface area (Å²) in [5, 5.41) is 9.43. The van der Waals surface area contributed by atoms with Crippen LogP contribution in [0.4, 0.5) is 0 Å². The van der Waals surface area contributed by atoms with Gasteiger partial charge in [0.2, 0.25) is 0 Å². The molecule has 230 valence electrons. The molecule has 0 aliphatic carbocycles. The summed E-state index contributed by atoms with van der Waals surface area (Å²) in [7, 11) is 0. The van der Waals surface area contributed by atoms with Crippen molar-refractivity contribution in [1.82, 2.24) is 0 Å². The van der Waals surface area contributed by atoms with Crippen molar-refractivity contribution in [2.75, 3.05) is 0 Å². The molecular formula is C36H62O4. The molecule has 0 aromatic rings. The lowest BCUT2D eigenvalue weighted by Gasteiger charge is -2.13. The number of unbranched alkanes of at least 4 members (excludes halogenated alkanes) is 15. The molecule has 0 radical (unpaired) electrons. The van der Waals surface area contributed by atoms with Crippen molar-refractivity contribution in [3.63, 3.8) is 0 Å².